The van der Waals surface area contributed by atoms with Crippen LogP contribution in [0.2, 0.25) is 0 Å². The van der Waals surface area contributed by atoms with Crippen molar-refractivity contribution in [2.45, 2.75) is 27.2 Å². The number of hydrogen-bond acceptors (Lipinski definition) is 2. The summed E-state index contributed by atoms with van der Waals surface area (Å²) in [5, 5.41) is 8.26. The molecule has 110 valence electrons. The molecule has 0 aliphatic heterocycles. The first-order valence-electron chi connectivity index (χ1n) is 6.96. The largest absolute Gasteiger partial charge is 0.352 e. The Balaban J connectivity index is 2.72. The molecular weight excluding hydrogens is 254 g/mol. The molecule has 0 atom stereocenters. The summed E-state index contributed by atoms with van der Waals surface area (Å²) in [6, 6.07) is 6.69. The highest BCUT2D eigenvalue weighted by Crippen LogP contribution is 2.14. The maximum atomic E-state index is 12.1. The number of anilines is 1. The minimum absolute atomic E-state index is 0.176. The number of hydrogen-bond donors (Lipinski definition) is 3. The van der Waals surface area contributed by atoms with Crippen LogP contribution < -0.4 is 16.0 Å². The van der Waals surface area contributed by atoms with E-state index in [1.807, 2.05) is 20.8 Å². The van der Waals surface area contributed by atoms with Crippen molar-refractivity contribution in [2.24, 2.45) is 5.92 Å². The first-order valence-corrected chi connectivity index (χ1v) is 6.96. The molecule has 5 nitrogen and oxygen atoms in total. The molecule has 0 aliphatic carbocycles. The molecule has 0 bridgehead atoms. The Kier molecular flexibility index (Phi) is 6.56. The highest BCUT2D eigenvalue weighted by Gasteiger charge is 2.12. The van der Waals surface area contributed by atoms with E-state index in [1.165, 1.54) is 0 Å². The molecule has 20 heavy (non-hydrogen) atoms. The van der Waals surface area contributed by atoms with Crippen LogP contribution in [0.1, 0.15) is 37.6 Å². The van der Waals surface area contributed by atoms with E-state index in [4.69, 9.17) is 0 Å². The predicted octanol–water partition coefficient (Wildman–Crippen LogP) is 2.60. The molecule has 0 spiro atoms. The fourth-order valence-corrected chi connectivity index (χ4v) is 1.59. The van der Waals surface area contributed by atoms with Crippen LogP contribution in [0.25, 0.3) is 0 Å². The molecule has 0 aliphatic rings. The SMILES string of the molecule is CCCNC(=O)Nc1ccccc1C(=O)NCC(C)C. The molecule has 0 aromatic heterocycles. The van der Waals surface area contributed by atoms with E-state index >= 15 is 0 Å². The van der Waals surface area contributed by atoms with E-state index in [2.05, 4.69) is 16.0 Å². The summed E-state index contributed by atoms with van der Waals surface area (Å²) >= 11 is 0. The van der Waals surface area contributed by atoms with Crippen molar-refractivity contribution >= 4 is 17.6 Å². The molecule has 5 heteroatoms. The Morgan fingerprint density at radius 3 is 2.50 bits per heavy atom. The average molecular weight is 277 g/mol. The minimum Gasteiger partial charge on any atom is -0.352 e. The lowest BCUT2D eigenvalue weighted by Crippen LogP contribution is -2.32. The molecule has 3 amide bonds. The zero-order valence-electron chi connectivity index (χ0n) is 12.3. The number of rotatable bonds is 6. The molecule has 3 N–H and O–H groups in total. The number of para-hydroxylation sites is 1. The third kappa shape index (κ3) is 5.30. The third-order valence-electron chi connectivity index (χ3n) is 2.63. The lowest BCUT2D eigenvalue weighted by Gasteiger charge is -2.12. The molecule has 0 fully saturated rings. The summed E-state index contributed by atoms with van der Waals surface area (Å²) in [6.07, 6.45) is 0.865. The molecular formula is C15H23N3O2. The zero-order valence-corrected chi connectivity index (χ0v) is 12.3. The first kappa shape index (κ1) is 16.0. The Bertz CT molecular complexity index is 458. The number of carbonyl (C=O) groups is 2. The van der Waals surface area contributed by atoms with E-state index in [0.29, 0.717) is 30.3 Å². The number of nitrogens with one attached hydrogen (secondary N) is 3. The fourth-order valence-electron chi connectivity index (χ4n) is 1.59. The molecule has 1 aromatic carbocycles. The van der Waals surface area contributed by atoms with E-state index in [-0.39, 0.29) is 11.9 Å². The van der Waals surface area contributed by atoms with Gasteiger partial charge in [0.15, 0.2) is 0 Å². The quantitative estimate of drug-likeness (QED) is 0.748. The van der Waals surface area contributed by atoms with E-state index in [0.717, 1.165) is 6.42 Å². The Morgan fingerprint density at radius 1 is 1.15 bits per heavy atom. The number of benzene rings is 1. The molecule has 0 saturated heterocycles. The Morgan fingerprint density at radius 2 is 1.85 bits per heavy atom. The molecule has 0 heterocycles. The van der Waals surface area contributed by atoms with Gasteiger partial charge in [-0.25, -0.2) is 4.79 Å². The van der Waals surface area contributed by atoms with E-state index < -0.39 is 0 Å². The van der Waals surface area contributed by atoms with Gasteiger partial charge in [0.1, 0.15) is 0 Å². The predicted molar refractivity (Wildman–Crippen MR) is 80.9 cm³/mol. The van der Waals surface area contributed by atoms with Gasteiger partial charge >= 0.3 is 6.03 Å². The standard InChI is InChI=1S/C15H23N3O2/c1-4-9-16-15(20)18-13-8-6-5-7-12(13)14(19)17-10-11(2)3/h5-8,11H,4,9-10H2,1-3H3,(H,17,19)(H2,16,18,20). The van der Waals surface area contributed by atoms with Crippen LogP contribution in [0.15, 0.2) is 24.3 Å². The van der Waals surface area contributed by atoms with Crippen molar-refractivity contribution in [3.63, 3.8) is 0 Å². The summed E-state index contributed by atoms with van der Waals surface area (Å²) in [5.41, 5.74) is 0.988. The van der Waals surface area contributed by atoms with Gasteiger partial charge in [0, 0.05) is 13.1 Å². The summed E-state index contributed by atoms with van der Waals surface area (Å²) in [4.78, 5) is 23.7. The lowest BCUT2D eigenvalue weighted by atomic mass is 10.1. The molecule has 1 aromatic rings. The van der Waals surface area contributed by atoms with Crippen molar-refractivity contribution in [1.82, 2.24) is 10.6 Å². The highest BCUT2D eigenvalue weighted by atomic mass is 16.2. The van der Waals surface area contributed by atoms with Crippen molar-refractivity contribution in [2.75, 3.05) is 18.4 Å². The maximum absolute atomic E-state index is 12.1. The van der Waals surface area contributed by atoms with Gasteiger partial charge in [-0.05, 0) is 24.5 Å². The molecule has 1 rings (SSSR count). The van der Waals surface area contributed by atoms with Crippen LogP contribution >= 0.6 is 0 Å². The van der Waals surface area contributed by atoms with Gasteiger partial charge in [0.25, 0.3) is 5.91 Å². The van der Waals surface area contributed by atoms with Gasteiger partial charge in [0.2, 0.25) is 0 Å². The minimum atomic E-state index is -0.295. The zero-order chi connectivity index (χ0) is 15.0. The van der Waals surface area contributed by atoms with Crippen molar-refractivity contribution < 1.29 is 9.59 Å². The van der Waals surface area contributed by atoms with Gasteiger partial charge in [-0.1, -0.05) is 32.9 Å². The highest BCUT2D eigenvalue weighted by molar-refractivity contribution is 6.03. The second kappa shape index (κ2) is 8.19. The summed E-state index contributed by atoms with van der Waals surface area (Å²) < 4.78 is 0. The third-order valence-corrected chi connectivity index (χ3v) is 2.63. The van der Waals surface area contributed by atoms with Crippen LogP contribution in [-0.4, -0.2) is 25.0 Å². The van der Waals surface area contributed by atoms with Crippen LogP contribution in [0.4, 0.5) is 10.5 Å². The van der Waals surface area contributed by atoms with Crippen molar-refractivity contribution in [1.29, 1.82) is 0 Å². The monoisotopic (exact) mass is 277 g/mol. The van der Waals surface area contributed by atoms with Gasteiger partial charge in [-0.2, -0.15) is 0 Å². The lowest BCUT2D eigenvalue weighted by molar-refractivity contribution is 0.0950. The first-order chi connectivity index (χ1) is 9.54. The van der Waals surface area contributed by atoms with Crippen LogP contribution in [0.5, 0.6) is 0 Å². The van der Waals surface area contributed by atoms with Gasteiger partial charge < -0.3 is 16.0 Å². The fraction of sp³-hybridized carbons (Fsp3) is 0.467. The second-order valence-electron chi connectivity index (χ2n) is 5.03. The van der Waals surface area contributed by atoms with E-state index in [1.54, 1.807) is 24.3 Å². The molecule has 0 saturated carbocycles. The van der Waals surface area contributed by atoms with Gasteiger partial charge in [0.05, 0.1) is 11.3 Å². The van der Waals surface area contributed by atoms with Crippen LogP contribution in [0, 0.1) is 5.92 Å². The number of carbonyl (C=O) groups excluding carboxylic acids is 2. The van der Waals surface area contributed by atoms with Gasteiger partial charge in [-0.3, -0.25) is 4.79 Å². The normalized spacial score (nSPS) is 10.2. The van der Waals surface area contributed by atoms with E-state index in [9.17, 15) is 9.59 Å². The number of amides is 3. The smallest absolute Gasteiger partial charge is 0.319 e. The molecule has 0 unspecified atom stereocenters. The molecule has 0 radical (unpaired) electrons. The summed E-state index contributed by atoms with van der Waals surface area (Å²) in [5.74, 6) is 0.206. The van der Waals surface area contributed by atoms with Gasteiger partial charge in [-0.15, -0.1) is 0 Å². The number of urea groups is 1. The summed E-state index contributed by atoms with van der Waals surface area (Å²) in [7, 11) is 0. The summed E-state index contributed by atoms with van der Waals surface area (Å²) in [6.45, 7) is 7.25. The van der Waals surface area contributed by atoms with Crippen molar-refractivity contribution in [3.05, 3.63) is 29.8 Å². The van der Waals surface area contributed by atoms with Crippen molar-refractivity contribution in [3.8, 4) is 0 Å². The average Bonchev–Trinajstić information content (AvgIpc) is 2.43. The van der Waals surface area contributed by atoms with Crippen LogP contribution in [0.3, 0.4) is 0 Å². The second-order valence-corrected chi connectivity index (χ2v) is 5.03. The Labute approximate surface area is 120 Å². The van der Waals surface area contributed by atoms with Crippen LogP contribution in [-0.2, 0) is 0 Å². The maximum Gasteiger partial charge on any atom is 0.319 e. The topological polar surface area (TPSA) is 70.2 Å². The Hall–Kier alpha value is -2.04.